The molecule has 0 radical (unpaired) electrons. The van der Waals surface area contributed by atoms with Crippen LogP contribution in [0.25, 0.3) is 11.1 Å². The minimum absolute atomic E-state index is 0.506. The van der Waals surface area contributed by atoms with Crippen LogP contribution in [0.15, 0.2) is 59.8 Å². The highest BCUT2D eigenvalue weighted by molar-refractivity contribution is 6.24. The summed E-state index contributed by atoms with van der Waals surface area (Å²) in [5.74, 6) is 0.808. The first-order valence-corrected chi connectivity index (χ1v) is 7.47. The summed E-state index contributed by atoms with van der Waals surface area (Å²) in [6.07, 6.45) is 3.87. The monoisotopic (exact) mass is 309 g/mol. The van der Waals surface area contributed by atoms with Crippen molar-refractivity contribution >= 4 is 5.71 Å². The summed E-state index contributed by atoms with van der Waals surface area (Å²) in [5.41, 5.74) is 5.29. The summed E-state index contributed by atoms with van der Waals surface area (Å²) in [4.78, 5) is 5.03. The van der Waals surface area contributed by atoms with Crippen molar-refractivity contribution in [1.82, 2.24) is 0 Å². The zero-order valence-corrected chi connectivity index (χ0v) is 13.3. The van der Waals surface area contributed by atoms with Crippen LogP contribution in [0.4, 0.5) is 0 Å². The second-order valence-electron chi connectivity index (χ2n) is 5.11. The van der Waals surface area contributed by atoms with E-state index in [1.165, 1.54) is 5.56 Å². The van der Waals surface area contributed by atoms with E-state index in [0.717, 1.165) is 28.2 Å². The second-order valence-corrected chi connectivity index (χ2v) is 5.11. The molecule has 0 saturated heterocycles. The smallest absolute Gasteiger partial charge is 0.120 e. The molecule has 0 aromatic heterocycles. The zero-order chi connectivity index (χ0) is 16.1. The number of methoxy groups -OCH3 is 1. The van der Waals surface area contributed by atoms with Crippen LogP contribution in [0.5, 0.6) is 5.75 Å². The number of ether oxygens (including phenoxy) is 2. The van der Waals surface area contributed by atoms with Crippen molar-refractivity contribution < 1.29 is 14.3 Å². The Morgan fingerprint density at radius 2 is 1.61 bits per heavy atom. The molecular weight excluding hydrogens is 290 g/mol. The lowest BCUT2D eigenvalue weighted by Gasteiger charge is -2.06. The average molecular weight is 309 g/mol. The maximum absolute atomic E-state index is 5.76. The molecule has 0 N–H and O–H groups in total. The zero-order valence-electron chi connectivity index (χ0n) is 13.3. The molecule has 0 fully saturated rings. The van der Waals surface area contributed by atoms with Crippen LogP contribution in [0, 0.1) is 0 Å². The average Bonchev–Trinajstić information content (AvgIpc) is 2.89. The van der Waals surface area contributed by atoms with Gasteiger partial charge in [0.1, 0.15) is 25.2 Å². The molecular formula is C19H19NO3. The highest BCUT2D eigenvalue weighted by Crippen LogP contribution is 2.38. The minimum Gasteiger partial charge on any atom is -0.490 e. The first-order chi connectivity index (χ1) is 11.3. The number of hydrogen-bond donors (Lipinski definition) is 0. The molecule has 118 valence electrons. The third-order valence-corrected chi connectivity index (χ3v) is 3.68. The summed E-state index contributed by atoms with van der Waals surface area (Å²) in [5, 5.41) is 4.20. The normalized spacial score (nSPS) is 14.1. The third kappa shape index (κ3) is 3.12. The summed E-state index contributed by atoms with van der Waals surface area (Å²) >= 11 is 0. The maximum atomic E-state index is 5.76. The quantitative estimate of drug-likeness (QED) is 0.515. The SMILES string of the molecule is COC/C=C\COc1ccc2c(c1)/C(=N\OC)c1ccccc1-2. The molecule has 0 heterocycles. The van der Waals surface area contributed by atoms with Gasteiger partial charge in [0.2, 0.25) is 0 Å². The number of rotatable bonds is 6. The first-order valence-electron chi connectivity index (χ1n) is 7.47. The molecule has 2 aromatic rings. The molecule has 4 nitrogen and oxygen atoms in total. The van der Waals surface area contributed by atoms with E-state index < -0.39 is 0 Å². The summed E-state index contributed by atoms with van der Waals surface area (Å²) in [6.45, 7) is 1.10. The third-order valence-electron chi connectivity index (χ3n) is 3.68. The van der Waals surface area contributed by atoms with Crippen molar-refractivity contribution in [2.24, 2.45) is 5.16 Å². The van der Waals surface area contributed by atoms with Crippen molar-refractivity contribution in [3.63, 3.8) is 0 Å². The molecule has 4 heteroatoms. The second kappa shape index (κ2) is 7.11. The van der Waals surface area contributed by atoms with Crippen LogP contribution < -0.4 is 4.74 Å². The number of fused-ring (bicyclic) bond motifs is 3. The van der Waals surface area contributed by atoms with Crippen LogP contribution in [0.3, 0.4) is 0 Å². The Hall–Kier alpha value is -2.59. The van der Waals surface area contributed by atoms with Crippen molar-refractivity contribution in [2.75, 3.05) is 27.4 Å². The Morgan fingerprint density at radius 1 is 0.870 bits per heavy atom. The number of hydrogen-bond acceptors (Lipinski definition) is 4. The minimum atomic E-state index is 0.506. The molecule has 0 aliphatic heterocycles. The van der Waals surface area contributed by atoms with Crippen LogP contribution in [0.1, 0.15) is 11.1 Å². The van der Waals surface area contributed by atoms with Gasteiger partial charge in [-0.15, -0.1) is 0 Å². The van der Waals surface area contributed by atoms with E-state index in [1.54, 1.807) is 14.2 Å². The summed E-state index contributed by atoms with van der Waals surface area (Å²) in [7, 11) is 3.23. The lowest BCUT2D eigenvalue weighted by Crippen LogP contribution is -2.00. The van der Waals surface area contributed by atoms with Gasteiger partial charge in [-0.1, -0.05) is 35.5 Å². The van der Waals surface area contributed by atoms with Crippen LogP contribution in [-0.2, 0) is 9.57 Å². The van der Waals surface area contributed by atoms with Crippen LogP contribution in [0.2, 0.25) is 0 Å². The standard InChI is InChI=1S/C19H19NO3/c1-21-11-5-6-12-23-14-9-10-16-15-7-3-4-8-17(15)19(20-22-2)18(16)13-14/h3-10,13H,11-12H2,1-2H3/b6-5-,20-19-. The van der Waals surface area contributed by atoms with Crippen LogP contribution in [-0.4, -0.2) is 33.1 Å². The fourth-order valence-electron chi connectivity index (χ4n) is 2.68. The van der Waals surface area contributed by atoms with E-state index in [2.05, 4.69) is 23.4 Å². The number of oxime groups is 1. The molecule has 1 aliphatic carbocycles. The van der Waals surface area contributed by atoms with Gasteiger partial charge in [0.05, 0.1) is 6.61 Å². The Labute approximate surface area is 136 Å². The molecule has 0 atom stereocenters. The maximum Gasteiger partial charge on any atom is 0.120 e. The molecule has 2 aromatic carbocycles. The lowest BCUT2D eigenvalue weighted by atomic mass is 10.1. The van der Waals surface area contributed by atoms with Gasteiger partial charge in [0.25, 0.3) is 0 Å². The van der Waals surface area contributed by atoms with E-state index in [-0.39, 0.29) is 0 Å². The Kier molecular flexibility index (Phi) is 4.74. The van der Waals surface area contributed by atoms with E-state index in [4.69, 9.17) is 14.3 Å². The molecule has 23 heavy (non-hydrogen) atoms. The van der Waals surface area contributed by atoms with Crippen molar-refractivity contribution in [1.29, 1.82) is 0 Å². The summed E-state index contributed by atoms with van der Waals surface area (Å²) < 4.78 is 10.7. The van der Waals surface area contributed by atoms with Gasteiger partial charge < -0.3 is 14.3 Å². The fraction of sp³-hybridized carbons (Fsp3) is 0.211. The van der Waals surface area contributed by atoms with Crippen molar-refractivity contribution in [3.8, 4) is 16.9 Å². The van der Waals surface area contributed by atoms with Gasteiger partial charge in [-0.3, -0.25) is 0 Å². The molecule has 0 amide bonds. The summed E-state index contributed by atoms with van der Waals surface area (Å²) in [6, 6.07) is 14.3. The highest BCUT2D eigenvalue weighted by atomic mass is 16.6. The molecule has 0 unspecified atom stereocenters. The van der Waals surface area contributed by atoms with Gasteiger partial charge in [0, 0.05) is 18.2 Å². The van der Waals surface area contributed by atoms with Gasteiger partial charge in [-0.05, 0) is 35.4 Å². The van der Waals surface area contributed by atoms with E-state index in [0.29, 0.717) is 13.2 Å². The van der Waals surface area contributed by atoms with Gasteiger partial charge in [0.15, 0.2) is 0 Å². The van der Waals surface area contributed by atoms with Crippen LogP contribution >= 0.6 is 0 Å². The predicted molar refractivity (Wildman–Crippen MR) is 91.0 cm³/mol. The Bertz CT molecular complexity index is 750. The van der Waals surface area contributed by atoms with E-state index in [9.17, 15) is 0 Å². The topological polar surface area (TPSA) is 40.0 Å². The number of benzene rings is 2. The molecule has 0 spiro atoms. The number of nitrogens with zero attached hydrogens (tertiary/aromatic N) is 1. The van der Waals surface area contributed by atoms with Gasteiger partial charge in [-0.25, -0.2) is 0 Å². The van der Waals surface area contributed by atoms with Gasteiger partial charge >= 0.3 is 0 Å². The largest absolute Gasteiger partial charge is 0.490 e. The van der Waals surface area contributed by atoms with E-state index in [1.807, 2.05) is 36.4 Å². The Morgan fingerprint density at radius 3 is 2.39 bits per heavy atom. The molecule has 1 aliphatic rings. The molecule has 0 bridgehead atoms. The first kappa shape index (κ1) is 15.3. The van der Waals surface area contributed by atoms with Crippen molar-refractivity contribution in [3.05, 3.63) is 65.7 Å². The lowest BCUT2D eigenvalue weighted by molar-refractivity contribution is 0.214. The fourth-order valence-corrected chi connectivity index (χ4v) is 2.68. The van der Waals surface area contributed by atoms with Gasteiger partial charge in [-0.2, -0.15) is 0 Å². The molecule has 0 saturated carbocycles. The van der Waals surface area contributed by atoms with Crippen molar-refractivity contribution in [2.45, 2.75) is 0 Å². The predicted octanol–water partition coefficient (Wildman–Crippen LogP) is 3.65. The molecule has 3 rings (SSSR count). The highest BCUT2D eigenvalue weighted by Gasteiger charge is 2.25. The van der Waals surface area contributed by atoms with E-state index >= 15 is 0 Å². The Balaban J connectivity index is 1.87.